The van der Waals surface area contributed by atoms with E-state index in [-0.39, 0.29) is 18.6 Å². The molecule has 1 N–H and O–H groups in total. The third kappa shape index (κ3) is 2.99. The molecule has 1 aromatic carbocycles. The lowest BCUT2D eigenvalue weighted by atomic mass is 9.85. The molecule has 1 atom stereocenters. The average molecular weight is 418 g/mol. The van der Waals surface area contributed by atoms with Gasteiger partial charge < -0.3 is 19.7 Å². The van der Waals surface area contributed by atoms with Crippen molar-refractivity contribution < 1.29 is 14.3 Å². The number of hydrogen-bond acceptors (Lipinski definition) is 7. The second kappa shape index (κ2) is 6.97. The molecular weight excluding hydrogens is 396 g/mol. The number of anilines is 2. The summed E-state index contributed by atoms with van der Waals surface area (Å²) in [5.41, 5.74) is 2.84. The van der Waals surface area contributed by atoms with Crippen LogP contribution in [-0.4, -0.2) is 45.8 Å². The van der Waals surface area contributed by atoms with Crippen LogP contribution in [0.1, 0.15) is 42.0 Å². The van der Waals surface area contributed by atoms with Gasteiger partial charge in [0, 0.05) is 31.0 Å². The van der Waals surface area contributed by atoms with Gasteiger partial charge in [-0.3, -0.25) is 4.79 Å². The summed E-state index contributed by atoms with van der Waals surface area (Å²) in [4.78, 5) is 14.8. The van der Waals surface area contributed by atoms with Crippen molar-refractivity contribution in [2.45, 2.75) is 32.1 Å². The van der Waals surface area contributed by atoms with E-state index in [0.717, 1.165) is 41.5 Å². The van der Waals surface area contributed by atoms with Gasteiger partial charge in [0.1, 0.15) is 5.82 Å². The molecule has 31 heavy (non-hydrogen) atoms. The van der Waals surface area contributed by atoms with Crippen molar-refractivity contribution in [1.29, 1.82) is 0 Å². The van der Waals surface area contributed by atoms with Crippen LogP contribution >= 0.6 is 0 Å². The molecule has 0 spiro atoms. The molecule has 0 aliphatic carbocycles. The fourth-order valence-corrected chi connectivity index (χ4v) is 4.67. The predicted octanol–water partition coefficient (Wildman–Crippen LogP) is 2.77. The lowest BCUT2D eigenvalue weighted by molar-refractivity contribution is -0.116. The van der Waals surface area contributed by atoms with E-state index < -0.39 is 0 Å². The summed E-state index contributed by atoms with van der Waals surface area (Å²) >= 11 is 0. The van der Waals surface area contributed by atoms with E-state index in [2.05, 4.69) is 20.4 Å². The highest BCUT2D eigenvalue weighted by molar-refractivity contribution is 5.95. The zero-order valence-electron chi connectivity index (χ0n) is 17.2. The minimum absolute atomic E-state index is 0.0574. The fraction of sp³-hybridized carbons (Fsp3) is 0.364. The molecule has 0 bridgehead atoms. The first-order valence-electron chi connectivity index (χ1n) is 10.6. The Kier molecular flexibility index (Phi) is 4.09. The Labute approximate surface area is 179 Å². The summed E-state index contributed by atoms with van der Waals surface area (Å²) < 4.78 is 12.6. The third-order valence-corrected chi connectivity index (χ3v) is 6.18. The molecule has 5 heterocycles. The molecular formula is C22H22N6O3. The SMILES string of the molecule is Cc1nn(-c2ccc(N3CCCC3)nn2)c2c1C(c1ccc3c(c1)OCO3)CC(=O)N2. The summed E-state index contributed by atoms with van der Waals surface area (Å²) in [6.45, 7) is 4.20. The normalized spacial score (nSPS) is 19.5. The van der Waals surface area contributed by atoms with Gasteiger partial charge in [0.25, 0.3) is 0 Å². The summed E-state index contributed by atoms with van der Waals surface area (Å²) in [5, 5.41) is 16.5. The number of amides is 1. The average Bonchev–Trinajstić information content (AvgIpc) is 3.53. The van der Waals surface area contributed by atoms with E-state index in [1.165, 1.54) is 12.8 Å². The maximum atomic E-state index is 12.6. The van der Waals surface area contributed by atoms with Crippen molar-refractivity contribution >= 4 is 17.5 Å². The molecule has 9 nitrogen and oxygen atoms in total. The minimum atomic E-state index is -0.121. The maximum Gasteiger partial charge on any atom is 0.231 e. The number of aromatic nitrogens is 4. The molecule has 3 aliphatic heterocycles. The van der Waals surface area contributed by atoms with Crippen LogP contribution in [0, 0.1) is 6.92 Å². The van der Waals surface area contributed by atoms with Gasteiger partial charge in [-0.25, -0.2) is 0 Å². The number of fused-ring (bicyclic) bond motifs is 2. The van der Waals surface area contributed by atoms with Crippen molar-refractivity contribution in [3.63, 3.8) is 0 Å². The van der Waals surface area contributed by atoms with Gasteiger partial charge in [-0.1, -0.05) is 6.07 Å². The van der Waals surface area contributed by atoms with Crippen molar-refractivity contribution in [2.75, 3.05) is 30.1 Å². The van der Waals surface area contributed by atoms with Crippen LogP contribution in [0.25, 0.3) is 5.82 Å². The quantitative estimate of drug-likeness (QED) is 0.699. The number of hydrogen-bond donors (Lipinski definition) is 1. The molecule has 9 heteroatoms. The molecule has 1 saturated heterocycles. The molecule has 0 radical (unpaired) electrons. The Hall–Kier alpha value is -3.62. The summed E-state index contributed by atoms with van der Waals surface area (Å²) in [6.07, 6.45) is 2.71. The number of rotatable bonds is 3. The molecule has 6 rings (SSSR count). The largest absolute Gasteiger partial charge is 0.454 e. The highest BCUT2D eigenvalue weighted by atomic mass is 16.7. The van der Waals surface area contributed by atoms with Crippen LogP contribution in [0.2, 0.25) is 0 Å². The number of nitrogens with zero attached hydrogens (tertiary/aromatic N) is 5. The number of benzene rings is 1. The summed E-state index contributed by atoms with van der Waals surface area (Å²) in [6, 6.07) is 9.71. The van der Waals surface area contributed by atoms with Crippen molar-refractivity contribution in [2.24, 2.45) is 0 Å². The van der Waals surface area contributed by atoms with Gasteiger partial charge in [0.15, 0.2) is 23.1 Å². The molecule has 3 aliphatic rings. The van der Waals surface area contributed by atoms with Gasteiger partial charge in [-0.2, -0.15) is 9.78 Å². The number of carbonyl (C=O) groups is 1. The third-order valence-electron chi connectivity index (χ3n) is 6.18. The Morgan fingerprint density at radius 1 is 1.03 bits per heavy atom. The van der Waals surface area contributed by atoms with Crippen LogP contribution < -0.4 is 19.7 Å². The standard InChI is InChI=1S/C22H22N6O3/c1-13-21-15(14-4-5-16-17(10-14)31-12-30-16)11-20(29)23-22(21)28(26-13)19-7-6-18(24-25-19)27-8-2-3-9-27/h4-7,10,15H,2-3,8-9,11-12H2,1H3,(H,23,29). The first-order chi connectivity index (χ1) is 15.2. The second-order valence-corrected chi connectivity index (χ2v) is 8.12. The van der Waals surface area contributed by atoms with Crippen molar-refractivity contribution in [3.05, 3.63) is 47.2 Å². The topological polar surface area (TPSA) is 94.4 Å². The van der Waals surface area contributed by atoms with Gasteiger partial charge >= 0.3 is 0 Å². The monoisotopic (exact) mass is 418 g/mol. The first-order valence-corrected chi connectivity index (χ1v) is 10.6. The lowest BCUT2D eigenvalue weighted by Crippen LogP contribution is -2.25. The Balaban J connectivity index is 1.39. The molecule has 1 fully saturated rings. The number of ether oxygens (including phenoxy) is 2. The fourth-order valence-electron chi connectivity index (χ4n) is 4.67. The van der Waals surface area contributed by atoms with Crippen LogP contribution in [0.3, 0.4) is 0 Å². The second-order valence-electron chi connectivity index (χ2n) is 8.12. The first kappa shape index (κ1) is 18.2. The van der Waals surface area contributed by atoms with Crippen molar-refractivity contribution in [3.8, 4) is 17.3 Å². The van der Waals surface area contributed by atoms with Gasteiger partial charge in [0.05, 0.1) is 5.69 Å². The van der Waals surface area contributed by atoms with Crippen LogP contribution in [0.5, 0.6) is 11.5 Å². The zero-order valence-corrected chi connectivity index (χ0v) is 17.2. The van der Waals surface area contributed by atoms with Crippen LogP contribution in [-0.2, 0) is 4.79 Å². The molecule has 0 saturated carbocycles. The van der Waals surface area contributed by atoms with E-state index in [1.807, 2.05) is 37.3 Å². The van der Waals surface area contributed by atoms with Crippen LogP contribution in [0.15, 0.2) is 30.3 Å². The maximum absolute atomic E-state index is 12.6. The van der Waals surface area contributed by atoms with Crippen molar-refractivity contribution in [1.82, 2.24) is 20.0 Å². The van der Waals surface area contributed by atoms with E-state index in [1.54, 1.807) is 4.68 Å². The number of nitrogens with one attached hydrogen (secondary N) is 1. The molecule has 2 aromatic heterocycles. The van der Waals surface area contributed by atoms with E-state index in [4.69, 9.17) is 14.6 Å². The zero-order chi connectivity index (χ0) is 20.9. The predicted molar refractivity (Wildman–Crippen MR) is 113 cm³/mol. The van der Waals surface area contributed by atoms with Gasteiger partial charge in [-0.05, 0) is 49.6 Å². The minimum Gasteiger partial charge on any atom is -0.454 e. The summed E-state index contributed by atoms with van der Waals surface area (Å²) in [7, 11) is 0. The van der Waals surface area contributed by atoms with E-state index in [0.29, 0.717) is 23.8 Å². The molecule has 1 amide bonds. The smallest absolute Gasteiger partial charge is 0.231 e. The van der Waals surface area contributed by atoms with Crippen LogP contribution in [0.4, 0.5) is 11.6 Å². The van der Waals surface area contributed by atoms with Gasteiger partial charge in [0.2, 0.25) is 12.7 Å². The molecule has 158 valence electrons. The highest BCUT2D eigenvalue weighted by Gasteiger charge is 2.33. The van der Waals surface area contributed by atoms with E-state index in [9.17, 15) is 4.79 Å². The van der Waals surface area contributed by atoms with Gasteiger partial charge in [-0.15, -0.1) is 10.2 Å². The summed E-state index contributed by atoms with van der Waals surface area (Å²) in [5.74, 6) is 3.37. The Morgan fingerprint density at radius 2 is 1.81 bits per heavy atom. The Morgan fingerprint density at radius 3 is 2.61 bits per heavy atom. The molecule has 1 unspecified atom stereocenters. The highest BCUT2D eigenvalue weighted by Crippen LogP contribution is 2.43. The number of carbonyl (C=O) groups excluding carboxylic acids is 1. The Bertz CT molecular complexity index is 1170. The lowest BCUT2D eigenvalue weighted by Gasteiger charge is -2.24. The molecule has 3 aromatic rings. The number of aryl methyl sites for hydroxylation is 1. The van der Waals surface area contributed by atoms with E-state index >= 15 is 0 Å².